The minimum atomic E-state index is 0.706. The van der Waals surface area contributed by atoms with Gasteiger partial charge in [0.25, 0.3) is 0 Å². The van der Waals surface area contributed by atoms with Gasteiger partial charge in [-0.3, -0.25) is 0 Å². The topological polar surface area (TPSA) is 45.0 Å². The van der Waals surface area contributed by atoms with Crippen LogP contribution in [0.2, 0.25) is 0 Å². The Morgan fingerprint density at radius 1 is 1.00 bits per heavy atom. The number of ether oxygens (including phenoxy) is 1. The van der Waals surface area contributed by atoms with Crippen LogP contribution in [-0.2, 0) is 6.54 Å². The van der Waals surface area contributed by atoms with Crippen LogP contribution >= 0.6 is 0 Å². The van der Waals surface area contributed by atoms with Gasteiger partial charge in [-0.05, 0) is 56.1 Å². The van der Waals surface area contributed by atoms with Crippen LogP contribution in [0.25, 0.3) is 0 Å². The second kappa shape index (κ2) is 8.86. The zero-order chi connectivity index (χ0) is 15.6. The summed E-state index contributed by atoms with van der Waals surface area (Å²) in [5, 5.41) is 12.2. The molecule has 0 aliphatic rings. The van der Waals surface area contributed by atoms with E-state index in [0.717, 1.165) is 38.3 Å². The first-order valence-corrected chi connectivity index (χ1v) is 7.67. The van der Waals surface area contributed by atoms with Crippen molar-refractivity contribution in [3.05, 3.63) is 65.2 Å². The molecule has 3 nitrogen and oxygen atoms in total. The summed E-state index contributed by atoms with van der Waals surface area (Å²) >= 11 is 0. The van der Waals surface area contributed by atoms with Crippen molar-refractivity contribution in [1.82, 2.24) is 5.32 Å². The second-order valence-electron chi connectivity index (χ2n) is 5.35. The van der Waals surface area contributed by atoms with E-state index in [0.29, 0.717) is 5.56 Å². The number of rotatable bonds is 8. The van der Waals surface area contributed by atoms with Crippen molar-refractivity contribution in [1.29, 1.82) is 5.26 Å². The van der Waals surface area contributed by atoms with Crippen LogP contribution in [0.5, 0.6) is 5.75 Å². The SMILES string of the molecule is Cc1ccc(OCCCCNCc2ccc(C#N)cc2)cc1. The Balaban J connectivity index is 1.54. The molecular weight excluding hydrogens is 272 g/mol. The fourth-order valence-corrected chi connectivity index (χ4v) is 2.11. The third-order valence-electron chi connectivity index (χ3n) is 3.45. The maximum Gasteiger partial charge on any atom is 0.119 e. The van der Waals surface area contributed by atoms with E-state index in [1.807, 2.05) is 36.4 Å². The highest BCUT2D eigenvalue weighted by atomic mass is 16.5. The van der Waals surface area contributed by atoms with Crippen molar-refractivity contribution < 1.29 is 4.74 Å². The van der Waals surface area contributed by atoms with Gasteiger partial charge < -0.3 is 10.1 Å². The van der Waals surface area contributed by atoms with Gasteiger partial charge in [0.05, 0.1) is 18.2 Å². The van der Waals surface area contributed by atoms with Gasteiger partial charge in [-0.1, -0.05) is 29.8 Å². The Morgan fingerprint density at radius 2 is 1.73 bits per heavy atom. The summed E-state index contributed by atoms with van der Waals surface area (Å²) in [6.07, 6.45) is 2.12. The molecule has 0 spiro atoms. The molecule has 0 aliphatic heterocycles. The van der Waals surface area contributed by atoms with Crippen LogP contribution in [0.15, 0.2) is 48.5 Å². The number of nitrogens with zero attached hydrogens (tertiary/aromatic N) is 1. The Bertz CT molecular complexity index is 597. The minimum absolute atomic E-state index is 0.706. The van der Waals surface area contributed by atoms with E-state index in [1.54, 1.807) is 0 Å². The molecule has 114 valence electrons. The van der Waals surface area contributed by atoms with Crippen LogP contribution in [0.3, 0.4) is 0 Å². The number of hydrogen-bond acceptors (Lipinski definition) is 3. The quantitative estimate of drug-likeness (QED) is 0.753. The predicted octanol–water partition coefficient (Wildman–Crippen LogP) is 3.82. The summed E-state index contributed by atoms with van der Waals surface area (Å²) in [6.45, 7) is 4.63. The molecule has 2 aromatic carbocycles. The molecule has 3 heteroatoms. The second-order valence-corrected chi connectivity index (χ2v) is 5.35. The molecule has 22 heavy (non-hydrogen) atoms. The molecule has 0 aromatic heterocycles. The maximum absolute atomic E-state index is 8.74. The molecule has 2 rings (SSSR count). The van der Waals surface area contributed by atoms with Crippen molar-refractivity contribution in [3.8, 4) is 11.8 Å². The highest BCUT2D eigenvalue weighted by Crippen LogP contribution is 2.11. The molecule has 1 N–H and O–H groups in total. The fraction of sp³-hybridized carbons (Fsp3) is 0.316. The lowest BCUT2D eigenvalue weighted by molar-refractivity contribution is 0.305. The molecule has 0 saturated carbocycles. The van der Waals surface area contributed by atoms with Gasteiger partial charge in [0.15, 0.2) is 0 Å². The van der Waals surface area contributed by atoms with E-state index in [1.165, 1.54) is 11.1 Å². The lowest BCUT2D eigenvalue weighted by atomic mass is 10.1. The van der Waals surface area contributed by atoms with E-state index in [9.17, 15) is 0 Å². The third-order valence-corrected chi connectivity index (χ3v) is 3.45. The molecule has 0 unspecified atom stereocenters. The van der Waals surface area contributed by atoms with Gasteiger partial charge in [-0.2, -0.15) is 5.26 Å². The summed E-state index contributed by atoms with van der Waals surface area (Å²) < 4.78 is 5.69. The van der Waals surface area contributed by atoms with Crippen LogP contribution in [-0.4, -0.2) is 13.2 Å². The Kier molecular flexibility index (Phi) is 6.47. The normalized spacial score (nSPS) is 10.2. The summed E-state index contributed by atoms with van der Waals surface area (Å²) in [4.78, 5) is 0. The monoisotopic (exact) mass is 294 g/mol. The maximum atomic E-state index is 8.74. The smallest absolute Gasteiger partial charge is 0.119 e. The highest BCUT2D eigenvalue weighted by molar-refractivity contribution is 5.31. The van der Waals surface area contributed by atoms with E-state index >= 15 is 0 Å². The minimum Gasteiger partial charge on any atom is -0.494 e. The van der Waals surface area contributed by atoms with Crippen molar-refractivity contribution >= 4 is 0 Å². The number of benzene rings is 2. The van der Waals surface area contributed by atoms with E-state index < -0.39 is 0 Å². The molecule has 0 fully saturated rings. The first-order chi connectivity index (χ1) is 10.8. The molecular formula is C19H22N2O. The summed E-state index contributed by atoms with van der Waals surface area (Å²) in [5.41, 5.74) is 3.16. The van der Waals surface area contributed by atoms with E-state index in [4.69, 9.17) is 10.00 Å². The van der Waals surface area contributed by atoms with Crippen LogP contribution in [0, 0.1) is 18.3 Å². The van der Waals surface area contributed by atoms with Crippen LogP contribution in [0.4, 0.5) is 0 Å². The average molecular weight is 294 g/mol. The average Bonchev–Trinajstić information content (AvgIpc) is 2.56. The first-order valence-electron chi connectivity index (χ1n) is 7.67. The zero-order valence-corrected chi connectivity index (χ0v) is 13.0. The third kappa shape index (κ3) is 5.59. The standard InChI is InChI=1S/C19H22N2O/c1-16-4-10-19(11-5-16)22-13-3-2-12-21-15-18-8-6-17(14-20)7-9-18/h4-11,21H,2-3,12-13,15H2,1H3. The van der Waals surface area contributed by atoms with Crippen molar-refractivity contribution in [2.75, 3.05) is 13.2 Å². The van der Waals surface area contributed by atoms with E-state index in [-0.39, 0.29) is 0 Å². The highest BCUT2D eigenvalue weighted by Gasteiger charge is 1.96. The number of aryl methyl sites for hydroxylation is 1. The number of nitrogens with one attached hydrogen (secondary N) is 1. The lowest BCUT2D eigenvalue weighted by Gasteiger charge is -2.07. The van der Waals surface area contributed by atoms with Crippen LogP contribution in [0.1, 0.15) is 29.5 Å². The van der Waals surface area contributed by atoms with Gasteiger partial charge in [-0.25, -0.2) is 0 Å². The van der Waals surface area contributed by atoms with Gasteiger partial charge in [0, 0.05) is 6.54 Å². The van der Waals surface area contributed by atoms with Crippen molar-refractivity contribution in [2.24, 2.45) is 0 Å². The van der Waals surface area contributed by atoms with Crippen molar-refractivity contribution in [3.63, 3.8) is 0 Å². The Labute approximate surface area is 132 Å². The van der Waals surface area contributed by atoms with Gasteiger partial charge in [0.2, 0.25) is 0 Å². The molecule has 0 amide bonds. The van der Waals surface area contributed by atoms with Crippen LogP contribution < -0.4 is 10.1 Å². The largest absolute Gasteiger partial charge is 0.494 e. The van der Waals surface area contributed by atoms with Gasteiger partial charge >= 0.3 is 0 Å². The lowest BCUT2D eigenvalue weighted by Crippen LogP contribution is -2.15. The molecule has 0 saturated heterocycles. The molecule has 0 atom stereocenters. The van der Waals surface area contributed by atoms with Gasteiger partial charge in [-0.15, -0.1) is 0 Å². The molecule has 0 radical (unpaired) electrons. The number of unbranched alkanes of at least 4 members (excludes halogenated alkanes) is 1. The van der Waals surface area contributed by atoms with Gasteiger partial charge in [0.1, 0.15) is 5.75 Å². The summed E-state index contributed by atoms with van der Waals surface area (Å²) in [6, 6.07) is 18.0. The molecule has 0 heterocycles. The summed E-state index contributed by atoms with van der Waals surface area (Å²) in [7, 11) is 0. The van der Waals surface area contributed by atoms with Crippen molar-refractivity contribution in [2.45, 2.75) is 26.3 Å². The molecule has 0 bridgehead atoms. The Morgan fingerprint density at radius 3 is 2.41 bits per heavy atom. The fourth-order valence-electron chi connectivity index (χ4n) is 2.11. The summed E-state index contributed by atoms with van der Waals surface area (Å²) in [5.74, 6) is 0.941. The molecule has 0 aliphatic carbocycles. The Hall–Kier alpha value is -2.31. The number of nitriles is 1. The predicted molar refractivity (Wildman–Crippen MR) is 88.8 cm³/mol. The number of hydrogen-bond donors (Lipinski definition) is 1. The molecule has 2 aromatic rings. The zero-order valence-electron chi connectivity index (χ0n) is 13.0. The first kappa shape index (κ1) is 16.1. The van der Waals surface area contributed by atoms with E-state index in [2.05, 4.69) is 30.4 Å².